The van der Waals surface area contributed by atoms with E-state index in [9.17, 15) is 4.79 Å². The molecule has 1 saturated carbocycles. The Morgan fingerprint density at radius 2 is 2.06 bits per heavy atom. The number of esters is 1. The molecule has 0 heterocycles. The van der Waals surface area contributed by atoms with Crippen LogP contribution in [-0.4, -0.2) is 25.2 Å². The number of carbonyl (C=O) groups is 1. The Morgan fingerprint density at radius 3 is 2.56 bits per heavy atom. The first-order chi connectivity index (χ1) is 8.38. The molecule has 1 aliphatic carbocycles. The Bertz CT molecular complexity index is 283. The SMILES string of the molecule is CCCNC1(C(=O)OC)CCCCC1C(C)(C)C. The monoisotopic (exact) mass is 255 g/mol. The number of rotatable bonds is 4. The van der Waals surface area contributed by atoms with Crippen LogP contribution in [0.1, 0.15) is 59.8 Å². The van der Waals surface area contributed by atoms with E-state index >= 15 is 0 Å². The molecule has 0 aliphatic heterocycles. The second-order valence-corrected chi connectivity index (χ2v) is 6.55. The van der Waals surface area contributed by atoms with E-state index in [2.05, 4.69) is 33.0 Å². The van der Waals surface area contributed by atoms with E-state index < -0.39 is 5.54 Å². The fraction of sp³-hybridized carbons (Fsp3) is 0.933. The van der Waals surface area contributed by atoms with Gasteiger partial charge in [0.25, 0.3) is 0 Å². The summed E-state index contributed by atoms with van der Waals surface area (Å²) in [7, 11) is 1.51. The minimum atomic E-state index is -0.471. The molecule has 0 aromatic carbocycles. The van der Waals surface area contributed by atoms with Gasteiger partial charge < -0.3 is 10.1 Å². The number of methoxy groups -OCH3 is 1. The molecule has 3 nitrogen and oxygen atoms in total. The topological polar surface area (TPSA) is 38.3 Å². The fourth-order valence-corrected chi connectivity index (χ4v) is 3.40. The molecule has 1 aliphatic rings. The first kappa shape index (κ1) is 15.5. The van der Waals surface area contributed by atoms with Gasteiger partial charge in [0.1, 0.15) is 5.54 Å². The van der Waals surface area contributed by atoms with Crippen LogP contribution in [0, 0.1) is 11.3 Å². The lowest BCUT2D eigenvalue weighted by Gasteiger charge is -2.48. The summed E-state index contributed by atoms with van der Waals surface area (Å²) in [4.78, 5) is 12.4. The largest absolute Gasteiger partial charge is 0.468 e. The van der Waals surface area contributed by atoms with E-state index in [0.29, 0.717) is 5.92 Å². The lowest BCUT2D eigenvalue weighted by atomic mass is 9.62. The Labute approximate surface area is 112 Å². The van der Waals surface area contributed by atoms with Crippen molar-refractivity contribution in [2.45, 2.75) is 65.3 Å². The average Bonchev–Trinajstić information content (AvgIpc) is 2.34. The van der Waals surface area contributed by atoms with Crippen LogP contribution in [0.4, 0.5) is 0 Å². The minimum absolute atomic E-state index is 0.0735. The zero-order chi connectivity index (χ0) is 13.8. The minimum Gasteiger partial charge on any atom is -0.468 e. The number of ether oxygens (including phenoxy) is 1. The third-order valence-corrected chi connectivity index (χ3v) is 4.19. The first-order valence-electron chi connectivity index (χ1n) is 7.22. The third kappa shape index (κ3) is 3.05. The highest BCUT2D eigenvalue weighted by atomic mass is 16.5. The average molecular weight is 255 g/mol. The molecule has 0 bridgehead atoms. The number of nitrogens with one attached hydrogen (secondary N) is 1. The van der Waals surface area contributed by atoms with E-state index in [1.54, 1.807) is 0 Å². The summed E-state index contributed by atoms with van der Waals surface area (Å²) < 4.78 is 5.11. The molecular weight excluding hydrogens is 226 g/mol. The molecule has 0 saturated heterocycles. The van der Waals surface area contributed by atoms with Crippen LogP contribution in [-0.2, 0) is 9.53 Å². The van der Waals surface area contributed by atoms with Crippen molar-refractivity contribution in [1.82, 2.24) is 5.32 Å². The van der Waals surface area contributed by atoms with Gasteiger partial charge >= 0.3 is 5.97 Å². The number of hydrogen-bond acceptors (Lipinski definition) is 3. The lowest BCUT2D eigenvalue weighted by Crippen LogP contribution is -2.62. The van der Waals surface area contributed by atoms with Crippen molar-refractivity contribution in [1.29, 1.82) is 0 Å². The number of carbonyl (C=O) groups excluding carboxylic acids is 1. The summed E-state index contributed by atoms with van der Waals surface area (Å²) in [5.74, 6) is 0.272. The van der Waals surface area contributed by atoms with E-state index in [1.807, 2.05) is 0 Å². The molecule has 2 unspecified atom stereocenters. The first-order valence-corrected chi connectivity index (χ1v) is 7.22. The van der Waals surface area contributed by atoms with E-state index in [-0.39, 0.29) is 11.4 Å². The molecule has 1 N–H and O–H groups in total. The molecule has 2 atom stereocenters. The fourth-order valence-electron chi connectivity index (χ4n) is 3.40. The Balaban J connectivity index is 3.05. The number of hydrogen-bond donors (Lipinski definition) is 1. The van der Waals surface area contributed by atoms with Gasteiger partial charge in [-0.25, -0.2) is 0 Å². The molecule has 0 aromatic heterocycles. The smallest absolute Gasteiger partial charge is 0.326 e. The van der Waals surface area contributed by atoms with Crippen LogP contribution in [0.15, 0.2) is 0 Å². The van der Waals surface area contributed by atoms with Gasteiger partial charge in [-0.3, -0.25) is 4.79 Å². The zero-order valence-corrected chi connectivity index (χ0v) is 12.6. The molecular formula is C15H29NO2. The quantitative estimate of drug-likeness (QED) is 0.784. The van der Waals surface area contributed by atoms with Crippen LogP contribution in [0.5, 0.6) is 0 Å². The van der Waals surface area contributed by atoms with Gasteiger partial charge in [-0.2, -0.15) is 0 Å². The molecule has 106 valence electrons. The Morgan fingerprint density at radius 1 is 1.39 bits per heavy atom. The van der Waals surface area contributed by atoms with Crippen molar-refractivity contribution in [2.24, 2.45) is 11.3 Å². The van der Waals surface area contributed by atoms with E-state index in [4.69, 9.17) is 4.74 Å². The Kier molecular flexibility index (Phi) is 5.20. The molecule has 0 amide bonds. The van der Waals surface area contributed by atoms with Gasteiger partial charge in [0, 0.05) is 0 Å². The second-order valence-electron chi connectivity index (χ2n) is 6.55. The van der Waals surface area contributed by atoms with Crippen LogP contribution in [0.3, 0.4) is 0 Å². The summed E-state index contributed by atoms with van der Waals surface area (Å²) in [6.07, 6.45) is 5.37. The van der Waals surface area contributed by atoms with Crippen molar-refractivity contribution >= 4 is 5.97 Å². The highest BCUT2D eigenvalue weighted by Gasteiger charge is 2.51. The summed E-state index contributed by atoms with van der Waals surface area (Å²) in [6, 6.07) is 0. The van der Waals surface area contributed by atoms with Crippen molar-refractivity contribution in [3.63, 3.8) is 0 Å². The molecule has 0 spiro atoms. The molecule has 0 radical (unpaired) electrons. The van der Waals surface area contributed by atoms with Crippen LogP contribution in [0.2, 0.25) is 0 Å². The van der Waals surface area contributed by atoms with Gasteiger partial charge in [0.15, 0.2) is 0 Å². The van der Waals surface area contributed by atoms with Gasteiger partial charge in [-0.05, 0) is 37.1 Å². The molecule has 1 fully saturated rings. The molecule has 3 heteroatoms. The van der Waals surface area contributed by atoms with Crippen molar-refractivity contribution in [3.8, 4) is 0 Å². The lowest BCUT2D eigenvalue weighted by molar-refractivity contribution is -0.156. The maximum absolute atomic E-state index is 12.4. The normalized spacial score (nSPS) is 29.1. The van der Waals surface area contributed by atoms with Crippen molar-refractivity contribution in [2.75, 3.05) is 13.7 Å². The Hall–Kier alpha value is -0.570. The summed E-state index contributed by atoms with van der Waals surface area (Å²) in [6.45, 7) is 9.70. The van der Waals surface area contributed by atoms with Crippen LogP contribution in [0.25, 0.3) is 0 Å². The van der Waals surface area contributed by atoms with Gasteiger partial charge in [-0.1, -0.05) is 40.5 Å². The van der Waals surface area contributed by atoms with Crippen molar-refractivity contribution < 1.29 is 9.53 Å². The van der Waals surface area contributed by atoms with Gasteiger partial charge in [0.2, 0.25) is 0 Å². The third-order valence-electron chi connectivity index (χ3n) is 4.19. The maximum Gasteiger partial charge on any atom is 0.326 e. The standard InChI is InChI=1S/C15H29NO2/c1-6-11-16-15(13(17)18-5)10-8-7-9-12(15)14(2,3)4/h12,16H,6-11H2,1-5H3. The van der Waals surface area contributed by atoms with Gasteiger partial charge in [0.05, 0.1) is 7.11 Å². The molecule has 18 heavy (non-hydrogen) atoms. The van der Waals surface area contributed by atoms with Crippen molar-refractivity contribution in [3.05, 3.63) is 0 Å². The predicted molar refractivity (Wildman–Crippen MR) is 74.5 cm³/mol. The summed E-state index contributed by atoms with van der Waals surface area (Å²) in [5.41, 5.74) is -0.351. The van der Waals surface area contributed by atoms with Crippen LogP contribution >= 0.6 is 0 Å². The highest BCUT2D eigenvalue weighted by Crippen LogP contribution is 2.45. The highest BCUT2D eigenvalue weighted by molar-refractivity contribution is 5.81. The van der Waals surface area contributed by atoms with Crippen LogP contribution < -0.4 is 5.32 Å². The second kappa shape index (κ2) is 6.05. The molecule has 0 aromatic rings. The van der Waals surface area contributed by atoms with Gasteiger partial charge in [-0.15, -0.1) is 0 Å². The summed E-state index contributed by atoms with van der Waals surface area (Å²) in [5, 5.41) is 3.52. The van der Waals surface area contributed by atoms with E-state index in [0.717, 1.165) is 32.2 Å². The maximum atomic E-state index is 12.4. The zero-order valence-electron chi connectivity index (χ0n) is 12.6. The van der Waals surface area contributed by atoms with E-state index in [1.165, 1.54) is 13.5 Å². The summed E-state index contributed by atoms with van der Waals surface area (Å²) >= 11 is 0. The predicted octanol–water partition coefficient (Wildman–Crippen LogP) is 3.13. The molecule has 1 rings (SSSR count).